The average Bonchev–Trinajstić information content (AvgIpc) is 3.25. The van der Waals surface area contributed by atoms with Gasteiger partial charge in [0.05, 0.1) is 20.4 Å². The van der Waals surface area contributed by atoms with E-state index in [1.807, 2.05) is 13.8 Å². The van der Waals surface area contributed by atoms with E-state index in [2.05, 4.69) is 4.98 Å². The standard InChI is InChI=1S/C19H16N2O5S/c1-11(2)13-6-5-12(8-14(13)21(24)25)9-17-19(23)20-18(27-17)10-15(22)16-4-3-7-26-16/h3-11H,1-2H3,(H,20,23)/b17-9-,18-10-. The van der Waals surface area contributed by atoms with Gasteiger partial charge >= 0.3 is 0 Å². The molecule has 0 unspecified atom stereocenters. The molecular formula is C19H16N2O5S. The van der Waals surface area contributed by atoms with Gasteiger partial charge in [0.25, 0.3) is 11.2 Å². The highest BCUT2D eigenvalue weighted by Gasteiger charge is 2.16. The smallest absolute Gasteiger partial charge is 0.273 e. The maximum Gasteiger partial charge on any atom is 0.273 e. The van der Waals surface area contributed by atoms with Gasteiger partial charge in [0.15, 0.2) is 5.76 Å². The number of nitrogens with zero attached hydrogens (tertiary/aromatic N) is 1. The van der Waals surface area contributed by atoms with Gasteiger partial charge in [-0.1, -0.05) is 26.0 Å². The van der Waals surface area contributed by atoms with Crippen molar-refractivity contribution in [2.75, 3.05) is 0 Å². The highest BCUT2D eigenvalue weighted by Crippen LogP contribution is 2.27. The molecular weight excluding hydrogens is 368 g/mol. The molecule has 2 aromatic heterocycles. The number of nitro groups is 1. The summed E-state index contributed by atoms with van der Waals surface area (Å²) >= 11 is 1.09. The third-order valence-corrected chi connectivity index (χ3v) is 4.84. The zero-order valence-corrected chi connectivity index (χ0v) is 15.4. The van der Waals surface area contributed by atoms with Crippen molar-refractivity contribution in [1.82, 2.24) is 4.98 Å². The van der Waals surface area contributed by atoms with Gasteiger partial charge < -0.3 is 9.40 Å². The Kier molecular flexibility index (Phi) is 5.18. The summed E-state index contributed by atoms with van der Waals surface area (Å²) in [5.41, 5.74) is 0.832. The first kappa shape index (κ1) is 18.5. The second-order valence-electron chi connectivity index (χ2n) is 6.14. The summed E-state index contributed by atoms with van der Waals surface area (Å²) in [4.78, 5) is 37.7. The Morgan fingerprint density at radius 1 is 1.33 bits per heavy atom. The summed E-state index contributed by atoms with van der Waals surface area (Å²) in [5, 5.41) is 11.3. The van der Waals surface area contributed by atoms with Crippen LogP contribution in [0.1, 0.15) is 41.4 Å². The van der Waals surface area contributed by atoms with Crippen LogP contribution in [0.4, 0.5) is 5.69 Å². The molecule has 0 aliphatic heterocycles. The first-order valence-electron chi connectivity index (χ1n) is 8.14. The normalized spacial score (nSPS) is 12.7. The first-order valence-corrected chi connectivity index (χ1v) is 8.95. The number of ketones is 1. The third kappa shape index (κ3) is 4.12. The number of furan rings is 1. The molecule has 0 bridgehead atoms. The Hall–Kier alpha value is -3.26. The van der Waals surface area contributed by atoms with E-state index in [0.29, 0.717) is 20.3 Å². The van der Waals surface area contributed by atoms with Crippen LogP contribution in [-0.4, -0.2) is 15.7 Å². The van der Waals surface area contributed by atoms with Gasteiger partial charge in [-0.05, 0) is 29.7 Å². The van der Waals surface area contributed by atoms with Crippen LogP contribution in [-0.2, 0) is 0 Å². The molecule has 1 N–H and O–H groups in total. The maximum absolute atomic E-state index is 12.1. The minimum absolute atomic E-state index is 0.0124. The van der Waals surface area contributed by atoms with Gasteiger partial charge in [0.2, 0.25) is 5.78 Å². The van der Waals surface area contributed by atoms with E-state index in [0.717, 1.165) is 11.3 Å². The summed E-state index contributed by atoms with van der Waals surface area (Å²) in [6.07, 6.45) is 4.24. The third-order valence-electron chi connectivity index (χ3n) is 3.88. The lowest BCUT2D eigenvalue weighted by molar-refractivity contribution is -0.385. The van der Waals surface area contributed by atoms with Crippen molar-refractivity contribution >= 4 is 35.0 Å². The van der Waals surface area contributed by atoms with Crippen LogP contribution < -0.4 is 14.8 Å². The zero-order chi connectivity index (χ0) is 19.6. The summed E-state index contributed by atoms with van der Waals surface area (Å²) in [5.74, 6) is -0.172. The van der Waals surface area contributed by atoms with Crippen LogP contribution in [0.15, 0.2) is 45.8 Å². The molecule has 0 fully saturated rings. The monoisotopic (exact) mass is 384 g/mol. The number of hydrogen-bond donors (Lipinski definition) is 1. The van der Waals surface area contributed by atoms with Crippen molar-refractivity contribution in [2.45, 2.75) is 19.8 Å². The van der Waals surface area contributed by atoms with Gasteiger partial charge in [-0.2, -0.15) is 0 Å². The number of aromatic amines is 1. The van der Waals surface area contributed by atoms with Crippen LogP contribution in [0.5, 0.6) is 0 Å². The van der Waals surface area contributed by atoms with E-state index >= 15 is 0 Å². The average molecular weight is 384 g/mol. The fraction of sp³-hybridized carbons (Fsp3) is 0.158. The summed E-state index contributed by atoms with van der Waals surface area (Å²) in [6, 6.07) is 8.02. The number of nitro benzene ring substituents is 1. The van der Waals surface area contributed by atoms with Gasteiger partial charge in [0.1, 0.15) is 0 Å². The van der Waals surface area contributed by atoms with Crippen LogP contribution >= 0.6 is 11.3 Å². The Labute approximate surface area is 157 Å². The topological polar surface area (TPSA) is 106 Å². The molecule has 27 heavy (non-hydrogen) atoms. The molecule has 8 heteroatoms. The minimum Gasteiger partial charge on any atom is -0.461 e. The van der Waals surface area contributed by atoms with E-state index in [1.165, 1.54) is 24.5 Å². The molecule has 0 spiro atoms. The predicted molar refractivity (Wildman–Crippen MR) is 102 cm³/mol. The number of Topliss-reactive ketones (excluding diaryl/α,β-unsaturated/α-hetero) is 1. The molecule has 3 rings (SSSR count). The number of rotatable bonds is 5. The fourth-order valence-electron chi connectivity index (χ4n) is 2.58. The van der Waals surface area contributed by atoms with Crippen molar-refractivity contribution in [3.63, 3.8) is 0 Å². The van der Waals surface area contributed by atoms with Gasteiger partial charge in [-0.15, -0.1) is 11.3 Å². The van der Waals surface area contributed by atoms with E-state index in [4.69, 9.17) is 4.42 Å². The first-order chi connectivity index (χ1) is 12.8. The Bertz CT molecular complexity index is 1170. The second-order valence-corrected chi connectivity index (χ2v) is 7.23. The van der Waals surface area contributed by atoms with E-state index in [1.54, 1.807) is 24.3 Å². The highest BCUT2D eigenvalue weighted by atomic mass is 32.1. The lowest BCUT2D eigenvalue weighted by atomic mass is 9.99. The number of nitrogens with one attached hydrogen (secondary N) is 1. The van der Waals surface area contributed by atoms with Crippen LogP contribution in [0.25, 0.3) is 12.2 Å². The molecule has 2 heterocycles. The quantitative estimate of drug-likeness (QED) is 0.413. The maximum atomic E-state index is 12.1. The number of H-pyrrole nitrogens is 1. The van der Waals surface area contributed by atoms with E-state index < -0.39 is 4.92 Å². The summed E-state index contributed by atoms with van der Waals surface area (Å²) < 4.78 is 5.75. The Morgan fingerprint density at radius 3 is 2.74 bits per heavy atom. The van der Waals surface area contributed by atoms with Gasteiger partial charge in [-0.25, -0.2) is 0 Å². The predicted octanol–water partition coefficient (Wildman–Crippen LogP) is 2.55. The summed E-state index contributed by atoms with van der Waals surface area (Å²) in [6.45, 7) is 3.77. The second kappa shape index (κ2) is 7.55. The van der Waals surface area contributed by atoms with Gasteiger partial charge in [-0.3, -0.25) is 19.7 Å². The van der Waals surface area contributed by atoms with Crippen molar-refractivity contribution in [2.24, 2.45) is 0 Å². The van der Waals surface area contributed by atoms with E-state index in [-0.39, 0.29) is 28.7 Å². The van der Waals surface area contributed by atoms with Crippen molar-refractivity contribution < 1.29 is 14.1 Å². The lowest BCUT2D eigenvalue weighted by Crippen LogP contribution is -2.20. The highest BCUT2D eigenvalue weighted by molar-refractivity contribution is 7.07. The molecule has 7 nitrogen and oxygen atoms in total. The Morgan fingerprint density at radius 2 is 2.11 bits per heavy atom. The zero-order valence-electron chi connectivity index (χ0n) is 14.6. The number of thiazole rings is 1. The molecule has 1 aromatic carbocycles. The van der Waals surface area contributed by atoms with Crippen molar-refractivity contribution in [3.05, 3.63) is 83.1 Å². The summed E-state index contributed by atoms with van der Waals surface area (Å²) in [7, 11) is 0. The molecule has 0 aliphatic rings. The molecule has 0 amide bonds. The van der Waals surface area contributed by atoms with Crippen LogP contribution in [0.3, 0.4) is 0 Å². The molecule has 0 atom stereocenters. The SMILES string of the molecule is CC(C)c1ccc(/C=c2\s/c(=C\C(=O)c3ccco3)[nH]c2=O)cc1[N+](=O)[O-]. The Balaban J connectivity index is 2.03. The lowest BCUT2D eigenvalue weighted by Gasteiger charge is -2.06. The minimum atomic E-state index is -0.424. The van der Waals surface area contributed by atoms with Crippen LogP contribution in [0, 0.1) is 10.1 Å². The van der Waals surface area contributed by atoms with E-state index in [9.17, 15) is 19.7 Å². The molecule has 3 aromatic rings. The molecule has 138 valence electrons. The number of carbonyl (C=O) groups excluding carboxylic acids is 1. The fourth-order valence-corrected chi connectivity index (χ4v) is 3.47. The van der Waals surface area contributed by atoms with Crippen molar-refractivity contribution in [3.8, 4) is 0 Å². The van der Waals surface area contributed by atoms with Crippen molar-refractivity contribution in [1.29, 1.82) is 0 Å². The number of hydrogen-bond acceptors (Lipinski definition) is 6. The number of aromatic nitrogens is 1. The number of benzene rings is 1. The number of carbonyl (C=O) groups is 1. The molecule has 0 saturated carbocycles. The largest absolute Gasteiger partial charge is 0.461 e. The molecule has 0 radical (unpaired) electrons. The van der Waals surface area contributed by atoms with Gasteiger partial charge in [0, 0.05) is 17.7 Å². The molecule has 0 aliphatic carbocycles. The van der Waals surface area contributed by atoms with Crippen LogP contribution in [0.2, 0.25) is 0 Å². The molecule has 0 saturated heterocycles.